The number of hydrogen-bond acceptors (Lipinski definition) is 5. The predicted octanol–water partition coefficient (Wildman–Crippen LogP) is 3.15. The predicted molar refractivity (Wildman–Crippen MR) is 94.4 cm³/mol. The first-order valence-corrected chi connectivity index (χ1v) is 8.90. The van der Waals surface area contributed by atoms with Crippen LogP contribution in [0.3, 0.4) is 0 Å². The van der Waals surface area contributed by atoms with Crippen LogP contribution in [0.25, 0.3) is 11.0 Å². The van der Waals surface area contributed by atoms with E-state index >= 15 is 0 Å². The standard InChI is InChI=1S/C18H19FN4S/c19-16-3-1-2-14(10-16)12-22-6-8-23(9-7-22)13-15-4-5-17-18(11-15)21-24-20-17/h1-5,10-11H,6-9,12-13H2. The summed E-state index contributed by atoms with van der Waals surface area (Å²) in [4.78, 5) is 4.85. The van der Waals surface area contributed by atoms with Crippen LogP contribution in [0.1, 0.15) is 11.1 Å². The summed E-state index contributed by atoms with van der Waals surface area (Å²) in [7, 11) is 0. The Morgan fingerprint density at radius 1 is 0.833 bits per heavy atom. The number of aromatic nitrogens is 2. The highest BCUT2D eigenvalue weighted by molar-refractivity contribution is 7.00. The topological polar surface area (TPSA) is 32.3 Å². The zero-order chi connectivity index (χ0) is 16.4. The number of hydrogen-bond donors (Lipinski definition) is 0. The summed E-state index contributed by atoms with van der Waals surface area (Å²) in [5, 5.41) is 0. The van der Waals surface area contributed by atoms with Crippen molar-refractivity contribution in [3.63, 3.8) is 0 Å². The lowest BCUT2D eigenvalue weighted by Crippen LogP contribution is -2.45. The van der Waals surface area contributed by atoms with E-state index in [4.69, 9.17) is 0 Å². The van der Waals surface area contributed by atoms with Crippen LogP contribution in [0.4, 0.5) is 4.39 Å². The van der Waals surface area contributed by atoms with Crippen molar-refractivity contribution in [2.24, 2.45) is 0 Å². The fourth-order valence-electron chi connectivity index (χ4n) is 3.18. The fraction of sp³-hybridized carbons (Fsp3) is 0.333. The van der Waals surface area contributed by atoms with E-state index in [1.165, 1.54) is 23.4 Å². The Kier molecular flexibility index (Phi) is 4.51. The second-order valence-corrected chi connectivity index (χ2v) is 6.80. The molecule has 0 saturated carbocycles. The summed E-state index contributed by atoms with van der Waals surface area (Å²) in [5.74, 6) is -0.155. The second-order valence-electron chi connectivity index (χ2n) is 6.27. The van der Waals surface area contributed by atoms with E-state index in [0.29, 0.717) is 0 Å². The number of fused-ring (bicyclic) bond motifs is 1. The molecule has 0 aliphatic carbocycles. The lowest BCUT2D eigenvalue weighted by Gasteiger charge is -2.34. The molecule has 0 radical (unpaired) electrons. The van der Waals surface area contributed by atoms with Gasteiger partial charge in [-0.1, -0.05) is 18.2 Å². The lowest BCUT2D eigenvalue weighted by molar-refractivity contribution is 0.122. The monoisotopic (exact) mass is 342 g/mol. The largest absolute Gasteiger partial charge is 0.297 e. The van der Waals surface area contributed by atoms with Gasteiger partial charge in [-0.2, -0.15) is 8.75 Å². The average molecular weight is 342 g/mol. The van der Waals surface area contributed by atoms with Crippen LogP contribution in [0.5, 0.6) is 0 Å². The molecule has 0 bridgehead atoms. The van der Waals surface area contributed by atoms with Gasteiger partial charge in [-0.15, -0.1) is 0 Å². The van der Waals surface area contributed by atoms with Crippen LogP contribution in [-0.2, 0) is 13.1 Å². The van der Waals surface area contributed by atoms with Crippen LogP contribution in [-0.4, -0.2) is 44.7 Å². The zero-order valence-corrected chi connectivity index (χ0v) is 14.2. The highest BCUT2D eigenvalue weighted by Gasteiger charge is 2.17. The van der Waals surface area contributed by atoms with Gasteiger partial charge in [-0.25, -0.2) is 4.39 Å². The molecular weight excluding hydrogens is 323 g/mol. The second kappa shape index (κ2) is 6.93. The Morgan fingerprint density at radius 3 is 2.21 bits per heavy atom. The van der Waals surface area contributed by atoms with Crippen molar-refractivity contribution < 1.29 is 4.39 Å². The molecule has 3 aromatic rings. The van der Waals surface area contributed by atoms with Crippen molar-refractivity contribution in [2.45, 2.75) is 13.1 Å². The maximum Gasteiger partial charge on any atom is 0.123 e. The summed E-state index contributed by atoms with van der Waals surface area (Å²) in [6.45, 7) is 5.85. The van der Waals surface area contributed by atoms with Gasteiger partial charge < -0.3 is 0 Å². The molecule has 124 valence electrons. The van der Waals surface area contributed by atoms with Crippen molar-refractivity contribution in [1.82, 2.24) is 18.5 Å². The Morgan fingerprint density at radius 2 is 1.50 bits per heavy atom. The average Bonchev–Trinajstić information content (AvgIpc) is 3.04. The maximum atomic E-state index is 13.3. The minimum atomic E-state index is -0.155. The van der Waals surface area contributed by atoms with Gasteiger partial charge in [-0.3, -0.25) is 9.80 Å². The van der Waals surface area contributed by atoms with Gasteiger partial charge in [0.15, 0.2) is 0 Å². The van der Waals surface area contributed by atoms with E-state index < -0.39 is 0 Å². The summed E-state index contributed by atoms with van der Waals surface area (Å²) in [6, 6.07) is 13.2. The molecule has 4 rings (SSSR count). The van der Waals surface area contributed by atoms with E-state index in [9.17, 15) is 4.39 Å². The Bertz CT molecular complexity index is 827. The Hall–Kier alpha value is -1.89. The van der Waals surface area contributed by atoms with Gasteiger partial charge in [0, 0.05) is 39.3 Å². The number of piperazine rings is 1. The van der Waals surface area contributed by atoms with Crippen LogP contribution in [0, 0.1) is 5.82 Å². The van der Waals surface area contributed by atoms with Crippen molar-refractivity contribution in [3.8, 4) is 0 Å². The summed E-state index contributed by atoms with van der Waals surface area (Å²) in [5.41, 5.74) is 4.30. The summed E-state index contributed by atoms with van der Waals surface area (Å²) < 4.78 is 21.8. The first-order chi connectivity index (χ1) is 11.8. The van der Waals surface area contributed by atoms with E-state index in [1.54, 1.807) is 12.1 Å². The molecule has 24 heavy (non-hydrogen) atoms. The first kappa shape index (κ1) is 15.6. The molecule has 0 amide bonds. The molecule has 0 spiro atoms. The lowest BCUT2D eigenvalue weighted by atomic mass is 10.1. The third-order valence-corrected chi connectivity index (χ3v) is 5.04. The van der Waals surface area contributed by atoms with E-state index in [2.05, 4.69) is 30.7 Å². The van der Waals surface area contributed by atoms with Gasteiger partial charge in [0.25, 0.3) is 0 Å². The molecule has 1 aromatic heterocycles. The van der Waals surface area contributed by atoms with Gasteiger partial charge in [-0.05, 0) is 35.4 Å². The van der Waals surface area contributed by atoms with E-state index in [-0.39, 0.29) is 5.82 Å². The van der Waals surface area contributed by atoms with Crippen LogP contribution >= 0.6 is 11.7 Å². The molecule has 0 N–H and O–H groups in total. The molecule has 1 saturated heterocycles. The van der Waals surface area contributed by atoms with Gasteiger partial charge in [0.2, 0.25) is 0 Å². The molecule has 4 nitrogen and oxygen atoms in total. The van der Waals surface area contributed by atoms with Gasteiger partial charge in [0.1, 0.15) is 16.9 Å². The number of halogens is 1. The van der Waals surface area contributed by atoms with Crippen molar-refractivity contribution in [1.29, 1.82) is 0 Å². The molecule has 1 aliphatic rings. The van der Waals surface area contributed by atoms with Crippen LogP contribution in [0.15, 0.2) is 42.5 Å². The molecular formula is C18H19FN4S. The Labute approximate surface area is 144 Å². The third-order valence-electron chi connectivity index (χ3n) is 4.48. The molecule has 0 unspecified atom stereocenters. The highest BCUT2D eigenvalue weighted by atomic mass is 32.1. The van der Waals surface area contributed by atoms with Crippen LogP contribution < -0.4 is 0 Å². The third kappa shape index (κ3) is 3.61. The molecule has 2 heterocycles. The minimum absolute atomic E-state index is 0.155. The molecule has 6 heteroatoms. The van der Waals surface area contributed by atoms with Crippen LogP contribution in [0.2, 0.25) is 0 Å². The SMILES string of the molecule is Fc1cccc(CN2CCN(Cc3ccc4nsnc4c3)CC2)c1. The number of benzene rings is 2. The van der Waals surface area contributed by atoms with Crippen molar-refractivity contribution in [3.05, 3.63) is 59.4 Å². The van der Waals surface area contributed by atoms with Crippen molar-refractivity contribution in [2.75, 3.05) is 26.2 Å². The fourth-order valence-corrected chi connectivity index (χ4v) is 3.70. The molecule has 2 aromatic carbocycles. The smallest absolute Gasteiger partial charge is 0.123 e. The maximum absolute atomic E-state index is 13.3. The number of nitrogens with zero attached hydrogens (tertiary/aromatic N) is 4. The molecule has 0 atom stereocenters. The normalized spacial score (nSPS) is 16.7. The Balaban J connectivity index is 1.32. The van der Waals surface area contributed by atoms with E-state index in [1.807, 2.05) is 12.1 Å². The quantitative estimate of drug-likeness (QED) is 0.729. The summed E-state index contributed by atoms with van der Waals surface area (Å²) in [6.07, 6.45) is 0. The van der Waals surface area contributed by atoms with Gasteiger partial charge in [0.05, 0.1) is 11.7 Å². The number of rotatable bonds is 4. The summed E-state index contributed by atoms with van der Waals surface area (Å²) >= 11 is 1.26. The first-order valence-electron chi connectivity index (χ1n) is 8.17. The van der Waals surface area contributed by atoms with E-state index in [0.717, 1.165) is 55.9 Å². The van der Waals surface area contributed by atoms with Gasteiger partial charge >= 0.3 is 0 Å². The molecule has 1 aliphatic heterocycles. The molecule has 1 fully saturated rings. The van der Waals surface area contributed by atoms with Crippen molar-refractivity contribution >= 4 is 22.8 Å². The minimum Gasteiger partial charge on any atom is -0.297 e. The zero-order valence-electron chi connectivity index (χ0n) is 13.4. The highest BCUT2D eigenvalue weighted by Crippen LogP contribution is 2.16.